The quantitative estimate of drug-likeness (QED) is 0.907. The Hall–Kier alpha value is -0.980. The Balaban J connectivity index is 2.27. The van der Waals surface area contributed by atoms with Gasteiger partial charge in [-0.15, -0.1) is 0 Å². The second kappa shape index (κ2) is 6.85. The van der Waals surface area contributed by atoms with Crippen LogP contribution in [0.25, 0.3) is 0 Å². The summed E-state index contributed by atoms with van der Waals surface area (Å²) in [4.78, 5) is 0.186. The molecule has 1 saturated heterocycles. The SMILES string of the molecule is CCNCc1cc(S(=O)(=O)N2CCCC(C)C2)ccc1F. The van der Waals surface area contributed by atoms with Gasteiger partial charge in [0.05, 0.1) is 4.90 Å². The molecule has 1 aromatic rings. The Labute approximate surface area is 126 Å². The molecular formula is C15H23FN2O2S. The van der Waals surface area contributed by atoms with Crippen LogP contribution in [0.5, 0.6) is 0 Å². The summed E-state index contributed by atoms with van der Waals surface area (Å²) in [6.07, 6.45) is 1.94. The molecule has 1 atom stereocenters. The third-order valence-corrected chi connectivity index (χ3v) is 5.70. The van der Waals surface area contributed by atoms with Crippen molar-refractivity contribution in [3.05, 3.63) is 29.6 Å². The lowest BCUT2D eigenvalue weighted by molar-refractivity contribution is 0.281. The Morgan fingerprint density at radius 3 is 2.86 bits per heavy atom. The first-order chi connectivity index (χ1) is 9.95. The maximum atomic E-state index is 13.7. The molecule has 2 rings (SSSR count). The van der Waals surface area contributed by atoms with E-state index in [1.807, 2.05) is 6.92 Å². The van der Waals surface area contributed by atoms with Gasteiger partial charge in [-0.1, -0.05) is 13.8 Å². The molecule has 1 fully saturated rings. The van der Waals surface area contributed by atoms with E-state index in [0.717, 1.165) is 12.8 Å². The second-order valence-corrected chi connectivity index (χ2v) is 7.58. The minimum absolute atomic E-state index is 0.186. The molecular weight excluding hydrogens is 291 g/mol. The number of nitrogens with zero attached hydrogens (tertiary/aromatic N) is 1. The van der Waals surface area contributed by atoms with Gasteiger partial charge in [-0.25, -0.2) is 12.8 Å². The summed E-state index contributed by atoms with van der Waals surface area (Å²) in [5, 5.41) is 3.02. The zero-order valence-electron chi connectivity index (χ0n) is 12.6. The summed E-state index contributed by atoms with van der Waals surface area (Å²) in [7, 11) is -3.52. The molecule has 1 aromatic carbocycles. The van der Waals surface area contributed by atoms with Gasteiger partial charge in [0.1, 0.15) is 5.82 Å². The van der Waals surface area contributed by atoms with Crippen LogP contribution in [0.15, 0.2) is 23.1 Å². The molecule has 1 heterocycles. The summed E-state index contributed by atoms with van der Waals surface area (Å²) in [6.45, 7) is 6.12. The third kappa shape index (κ3) is 3.81. The van der Waals surface area contributed by atoms with Crippen LogP contribution < -0.4 is 5.32 Å². The molecule has 4 nitrogen and oxygen atoms in total. The number of piperidine rings is 1. The van der Waals surface area contributed by atoms with Crippen LogP contribution in [0.3, 0.4) is 0 Å². The molecule has 21 heavy (non-hydrogen) atoms. The van der Waals surface area contributed by atoms with Crippen LogP contribution in [-0.2, 0) is 16.6 Å². The number of hydrogen-bond acceptors (Lipinski definition) is 3. The summed E-state index contributed by atoms with van der Waals surface area (Å²) in [6, 6.07) is 4.05. The molecule has 0 spiro atoms. The van der Waals surface area contributed by atoms with Crippen molar-refractivity contribution < 1.29 is 12.8 Å². The molecule has 1 aliphatic heterocycles. The Morgan fingerprint density at radius 1 is 1.43 bits per heavy atom. The molecule has 1 aliphatic rings. The zero-order chi connectivity index (χ0) is 15.5. The average Bonchev–Trinajstić information content (AvgIpc) is 2.46. The van der Waals surface area contributed by atoms with Gasteiger partial charge in [0.2, 0.25) is 10.0 Å². The fourth-order valence-corrected chi connectivity index (χ4v) is 4.27. The van der Waals surface area contributed by atoms with Crippen LogP contribution >= 0.6 is 0 Å². The molecule has 6 heteroatoms. The third-order valence-electron chi connectivity index (χ3n) is 3.84. The minimum atomic E-state index is -3.52. The van der Waals surface area contributed by atoms with Crippen LogP contribution in [0.4, 0.5) is 4.39 Å². The van der Waals surface area contributed by atoms with E-state index in [1.54, 1.807) is 0 Å². The number of sulfonamides is 1. The number of rotatable bonds is 5. The monoisotopic (exact) mass is 314 g/mol. The molecule has 0 radical (unpaired) electrons. The maximum Gasteiger partial charge on any atom is 0.243 e. The first-order valence-corrected chi connectivity index (χ1v) is 8.88. The van der Waals surface area contributed by atoms with Crippen LogP contribution in [0, 0.1) is 11.7 Å². The highest BCUT2D eigenvalue weighted by molar-refractivity contribution is 7.89. The first-order valence-electron chi connectivity index (χ1n) is 7.44. The van der Waals surface area contributed by atoms with Crippen molar-refractivity contribution in [2.75, 3.05) is 19.6 Å². The predicted molar refractivity (Wildman–Crippen MR) is 80.9 cm³/mol. The number of nitrogens with one attached hydrogen (secondary N) is 1. The Morgan fingerprint density at radius 2 is 2.19 bits per heavy atom. The lowest BCUT2D eigenvalue weighted by Crippen LogP contribution is -2.39. The maximum absolute atomic E-state index is 13.7. The summed E-state index contributed by atoms with van der Waals surface area (Å²) >= 11 is 0. The van der Waals surface area contributed by atoms with E-state index < -0.39 is 10.0 Å². The fraction of sp³-hybridized carbons (Fsp3) is 0.600. The van der Waals surface area contributed by atoms with Crippen LogP contribution in [0.2, 0.25) is 0 Å². The molecule has 0 amide bonds. The van der Waals surface area contributed by atoms with E-state index in [4.69, 9.17) is 0 Å². The van der Waals surface area contributed by atoms with Crippen molar-refractivity contribution >= 4 is 10.0 Å². The molecule has 0 aromatic heterocycles. The molecule has 118 valence electrons. The van der Waals surface area contributed by atoms with E-state index in [9.17, 15) is 12.8 Å². The van der Waals surface area contributed by atoms with Crippen molar-refractivity contribution in [3.63, 3.8) is 0 Å². The van der Waals surface area contributed by atoms with Crippen molar-refractivity contribution in [1.82, 2.24) is 9.62 Å². The number of halogens is 1. The number of benzene rings is 1. The van der Waals surface area contributed by atoms with Gasteiger partial charge in [0.25, 0.3) is 0 Å². The predicted octanol–water partition coefficient (Wildman–Crippen LogP) is 2.36. The van der Waals surface area contributed by atoms with Crippen LogP contribution in [0.1, 0.15) is 32.3 Å². The molecule has 0 aliphatic carbocycles. The summed E-state index contributed by atoms with van der Waals surface area (Å²) in [5.41, 5.74) is 0.392. The smallest absolute Gasteiger partial charge is 0.243 e. The lowest BCUT2D eigenvalue weighted by atomic mass is 10.0. The summed E-state index contributed by atoms with van der Waals surface area (Å²) < 4.78 is 40.6. The lowest BCUT2D eigenvalue weighted by Gasteiger charge is -2.30. The largest absolute Gasteiger partial charge is 0.313 e. The second-order valence-electron chi connectivity index (χ2n) is 5.64. The molecule has 0 saturated carbocycles. The van der Waals surface area contributed by atoms with Gasteiger partial charge < -0.3 is 5.32 Å². The van der Waals surface area contributed by atoms with Crippen molar-refractivity contribution in [1.29, 1.82) is 0 Å². The normalized spacial score (nSPS) is 20.6. The standard InChI is InChI=1S/C15H23FN2O2S/c1-3-17-10-13-9-14(6-7-15(13)16)21(19,20)18-8-4-5-12(2)11-18/h6-7,9,12,17H,3-5,8,10-11H2,1-2H3. The number of hydrogen-bond donors (Lipinski definition) is 1. The van der Waals surface area contributed by atoms with E-state index >= 15 is 0 Å². The van der Waals surface area contributed by atoms with Gasteiger partial charge in [-0.05, 0) is 43.5 Å². The van der Waals surface area contributed by atoms with E-state index in [-0.39, 0.29) is 10.7 Å². The van der Waals surface area contributed by atoms with E-state index in [0.29, 0.717) is 37.7 Å². The minimum Gasteiger partial charge on any atom is -0.313 e. The van der Waals surface area contributed by atoms with Crippen molar-refractivity contribution in [3.8, 4) is 0 Å². The van der Waals surface area contributed by atoms with Gasteiger partial charge >= 0.3 is 0 Å². The van der Waals surface area contributed by atoms with Gasteiger partial charge in [0.15, 0.2) is 0 Å². The molecule has 1 N–H and O–H groups in total. The van der Waals surface area contributed by atoms with Crippen LogP contribution in [-0.4, -0.2) is 32.4 Å². The van der Waals surface area contributed by atoms with Crippen molar-refractivity contribution in [2.24, 2.45) is 5.92 Å². The highest BCUT2D eigenvalue weighted by Gasteiger charge is 2.29. The van der Waals surface area contributed by atoms with Gasteiger partial charge in [0, 0.05) is 25.2 Å². The first kappa shape index (κ1) is 16.4. The average molecular weight is 314 g/mol. The molecule has 0 bridgehead atoms. The highest BCUT2D eigenvalue weighted by Crippen LogP contribution is 2.24. The van der Waals surface area contributed by atoms with Crippen molar-refractivity contribution in [2.45, 2.75) is 38.1 Å². The topological polar surface area (TPSA) is 49.4 Å². The van der Waals surface area contributed by atoms with Gasteiger partial charge in [-0.3, -0.25) is 0 Å². The van der Waals surface area contributed by atoms with E-state index in [1.165, 1.54) is 22.5 Å². The highest BCUT2D eigenvalue weighted by atomic mass is 32.2. The van der Waals surface area contributed by atoms with E-state index in [2.05, 4.69) is 12.2 Å². The Kier molecular flexibility index (Phi) is 5.35. The molecule has 1 unspecified atom stereocenters. The van der Waals surface area contributed by atoms with Gasteiger partial charge in [-0.2, -0.15) is 4.31 Å². The fourth-order valence-electron chi connectivity index (χ4n) is 2.62. The summed E-state index contributed by atoms with van der Waals surface area (Å²) in [5.74, 6) is -0.00267. The zero-order valence-corrected chi connectivity index (χ0v) is 13.4. The Bertz CT molecular complexity index is 589.